The van der Waals surface area contributed by atoms with Crippen molar-refractivity contribution in [1.82, 2.24) is 15.1 Å². The molecule has 2 heterocycles. The van der Waals surface area contributed by atoms with Crippen LogP contribution < -0.4 is 10.00 Å². The maximum absolute atomic E-state index is 5.71. The van der Waals surface area contributed by atoms with E-state index in [-0.39, 0.29) is 0 Å². The molecule has 0 saturated heterocycles. The predicted octanol–water partition coefficient (Wildman–Crippen LogP) is 1.03. The third-order valence-corrected chi connectivity index (χ3v) is 1.84. The van der Waals surface area contributed by atoms with Gasteiger partial charge in [0.05, 0.1) is 6.20 Å². The number of nitrogens with zero attached hydrogens (tertiary/aromatic N) is 3. The van der Waals surface area contributed by atoms with Gasteiger partial charge in [0.25, 0.3) is 0 Å². The maximum atomic E-state index is 5.71. The second kappa shape index (κ2) is 3.63. The molecule has 0 amide bonds. The van der Waals surface area contributed by atoms with Crippen molar-refractivity contribution >= 4 is 23.2 Å². The summed E-state index contributed by atoms with van der Waals surface area (Å²) in [7, 11) is 1.89. The van der Waals surface area contributed by atoms with Gasteiger partial charge >= 0.3 is 0 Å². The van der Waals surface area contributed by atoms with Crippen molar-refractivity contribution < 1.29 is 4.68 Å². The Labute approximate surface area is 85.8 Å². The zero-order valence-corrected chi connectivity index (χ0v) is 8.28. The molecule has 2 aromatic heterocycles. The van der Waals surface area contributed by atoms with Crippen LogP contribution in [0.4, 0.5) is 11.6 Å². The molecule has 0 spiro atoms. The third kappa shape index (κ3) is 2.00. The van der Waals surface area contributed by atoms with Crippen molar-refractivity contribution in [2.24, 2.45) is 7.05 Å². The summed E-state index contributed by atoms with van der Waals surface area (Å²) >= 11 is 5.71. The van der Waals surface area contributed by atoms with E-state index in [1.807, 2.05) is 24.1 Å². The Hall–Kier alpha value is -1.62. The SMILES string of the molecule is C[n+]1cc(Nc2nccc(Cl)n2)c[nH]1. The minimum Gasteiger partial charge on any atom is -0.318 e. The molecule has 2 rings (SSSR count). The summed E-state index contributed by atoms with van der Waals surface area (Å²) in [5.41, 5.74) is 0.884. The lowest BCUT2D eigenvalue weighted by Crippen LogP contribution is -2.27. The molecular weight excluding hydrogens is 202 g/mol. The van der Waals surface area contributed by atoms with Crippen LogP contribution in [0, 0.1) is 0 Å². The Morgan fingerprint density at radius 1 is 1.57 bits per heavy atom. The molecule has 2 N–H and O–H groups in total. The van der Waals surface area contributed by atoms with Crippen molar-refractivity contribution in [3.05, 3.63) is 29.8 Å². The van der Waals surface area contributed by atoms with Gasteiger partial charge in [-0.1, -0.05) is 11.6 Å². The summed E-state index contributed by atoms with van der Waals surface area (Å²) in [6.45, 7) is 0. The molecule has 0 aliphatic rings. The van der Waals surface area contributed by atoms with Crippen LogP contribution in [0.25, 0.3) is 0 Å². The molecule has 0 bridgehead atoms. The zero-order chi connectivity index (χ0) is 9.97. The summed E-state index contributed by atoms with van der Waals surface area (Å²) in [4.78, 5) is 8.01. The van der Waals surface area contributed by atoms with Crippen molar-refractivity contribution in [3.63, 3.8) is 0 Å². The minimum atomic E-state index is 0.419. The fourth-order valence-electron chi connectivity index (χ4n) is 1.05. The van der Waals surface area contributed by atoms with Gasteiger partial charge in [-0.2, -0.15) is 5.10 Å². The molecule has 0 aliphatic carbocycles. The van der Waals surface area contributed by atoms with Crippen LogP contribution >= 0.6 is 11.6 Å². The van der Waals surface area contributed by atoms with Gasteiger partial charge in [-0.05, 0) is 6.07 Å². The van der Waals surface area contributed by atoms with Gasteiger partial charge in [-0.3, -0.25) is 0 Å². The van der Waals surface area contributed by atoms with Crippen LogP contribution in [-0.4, -0.2) is 15.1 Å². The fraction of sp³-hybridized carbons (Fsp3) is 0.125. The lowest BCUT2D eigenvalue weighted by Gasteiger charge is -1.98. The Kier molecular flexibility index (Phi) is 2.32. The van der Waals surface area contributed by atoms with Crippen LogP contribution in [0.5, 0.6) is 0 Å². The highest BCUT2D eigenvalue weighted by molar-refractivity contribution is 6.29. The van der Waals surface area contributed by atoms with Crippen molar-refractivity contribution in [1.29, 1.82) is 0 Å². The largest absolute Gasteiger partial charge is 0.318 e. The number of H-pyrrole nitrogens is 1. The molecule has 0 aromatic carbocycles. The average molecular weight is 211 g/mol. The van der Waals surface area contributed by atoms with E-state index in [9.17, 15) is 0 Å². The Morgan fingerprint density at radius 3 is 3.07 bits per heavy atom. The first kappa shape index (κ1) is 8.96. The van der Waals surface area contributed by atoms with Gasteiger partial charge in [0.1, 0.15) is 10.8 Å². The number of nitrogens with one attached hydrogen (secondary N) is 2. The van der Waals surface area contributed by atoms with E-state index in [2.05, 4.69) is 20.4 Å². The standard InChI is InChI=1S/C8H8ClN5/c1-14-5-6(4-11-14)12-8-10-3-2-7(9)13-8/h2-5H,1H3,(H,10,12,13)/p+1. The first-order valence-electron chi connectivity index (χ1n) is 4.04. The smallest absolute Gasteiger partial charge is 0.228 e. The van der Waals surface area contributed by atoms with Crippen molar-refractivity contribution in [2.75, 3.05) is 5.32 Å². The molecule has 0 aliphatic heterocycles. The Morgan fingerprint density at radius 2 is 2.43 bits per heavy atom. The fourth-order valence-corrected chi connectivity index (χ4v) is 1.19. The lowest BCUT2D eigenvalue weighted by molar-refractivity contribution is -0.726. The van der Waals surface area contributed by atoms with E-state index in [1.165, 1.54) is 0 Å². The topological polar surface area (TPSA) is 57.5 Å². The summed E-state index contributed by atoms with van der Waals surface area (Å²) in [5.74, 6) is 0.483. The molecular formula is C8H9ClN5+. The van der Waals surface area contributed by atoms with Crippen molar-refractivity contribution in [2.45, 2.75) is 0 Å². The normalized spacial score (nSPS) is 10.1. The monoisotopic (exact) mass is 210 g/mol. The van der Waals surface area contributed by atoms with Crippen molar-refractivity contribution in [3.8, 4) is 0 Å². The number of halogens is 1. The molecule has 0 radical (unpaired) electrons. The van der Waals surface area contributed by atoms with Crippen LogP contribution in [0.15, 0.2) is 24.7 Å². The molecule has 0 fully saturated rings. The maximum Gasteiger partial charge on any atom is 0.228 e. The van der Waals surface area contributed by atoms with E-state index in [0.29, 0.717) is 11.1 Å². The summed E-state index contributed by atoms with van der Waals surface area (Å²) in [6.07, 6.45) is 5.29. The molecule has 0 atom stereocenters. The number of aromatic nitrogens is 4. The minimum absolute atomic E-state index is 0.419. The Bertz CT molecular complexity index is 439. The van der Waals surface area contributed by atoms with E-state index in [0.717, 1.165) is 5.69 Å². The summed E-state index contributed by atoms with van der Waals surface area (Å²) in [5, 5.41) is 6.39. The molecule has 5 nitrogen and oxygen atoms in total. The second-order valence-electron chi connectivity index (χ2n) is 2.80. The van der Waals surface area contributed by atoms with Crippen LogP contribution in [0.1, 0.15) is 0 Å². The first-order chi connectivity index (χ1) is 6.74. The summed E-state index contributed by atoms with van der Waals surface area (Å²) in [6, 6.07) is 1.63. The molecule has 6 heteroatoms. The van der Waals surface area contributed by atoms with Gasteiger partial charge < -0.3 is 5.32 Å². The number of aromatic amines is 1. The molecule has 14 heavy (non-hydrogen) atoms. The van der Waals surface area contributed by atoms with Gasteiger partial charge in [-0.15, -0.1) is 4.68 Å². The van der Waals surface area contributed by atoms with E-state index in [4.69, 9.17) is 11.6 Å². The first-order valence-corrected chi connectivity index (χ1v) is 4.41. The zero-order valence-electron chi connectivity index (χ0n) is 7.53. The van der Waals surface area contributed by atoms with E-state index < -0.39 is 0 Å². The quantitative estimate of drug-likeness (QED) is 0.575. The highest BCUT2D eigenvalue weighted by Crippen LogP contribution is 2.11. The molecule has 0 unspecified atom stereocenters. The number of hydrogen-bond donors (Lipinski definition) is 2. The van der Waals surface area contributed by atoms with E-state index >= 15 is 0 Å². The molecule has 2 aromatic rings. The summed E-state index contributed by atoms with van der Waals surface area (Å²) < 4.78 is 1.81. The average Bonchev–Trinajstić information content (AvgIpc) is 2.51. The Balaban J connectivity index is 2.18. The number of anilines is 2. The molecule has 72 valence electrons. The van der Waals surface area contributed by atoms with Crippen LogP contribution in [0.2, 0.25) is 5.15 Å². The number of rotatable bonds is 2. The number of aryl methyl sites for hydroxylation is 1. The van der Waals surface area contributed by atoms with Gasteiger partial charge in [0.2, 0.25) is 12.1 Å². The highest BCUT2D eigenvalue weighted by Gasteiger charge is 2.03. The van der Waals surface area contributed by atoms with Gasteiger partial charge in [0, 0.05) is 6.20 Å². The predicted molar refractivity (Wildman–Crippen MR) is 52.3 cm³/mol. The highest BCUT2D eigenvalue weighted by atomic mass is 35.5. The van der Waals surface area contributed by atoms with Crippen LogP contribution in [0.3, 0.4) is 0 Å². The van der Waals surface area contributed by atoms with Gasteiger partial charge in [0.15, 0.2) is 7.05 Å². The third-order valence-electron chi connectivity index (χ3n) is 1.63. The van der Waals surface area contributed by atoms with Crippen LogP contribution in [-0.2, 0) is 7.05 Å². The second-order valence-corrected chi connectivity index (χ2v) is 3.18. The van der Waals surface area contributed by atoms with E-state index in [1.54, 1.807) is 12.3 Å². The molecule has 0 saturated carbocycles. The van der Waals surface area contributed by atoms with Gasteiger partial charge in [-0.25, -0.2) is 9.97 Å². The number of hydrogen-bond acceptors (Lipinski definition) is 3. The lowest BCUT2D eigenvalue weighted by atomic mass is 10.5.